The molecule has 0 saturated heterocycles. The highest BCUT2D eigenvalue weighted by molar-refractivity contribution is 4.84. The van der Waals surface area contributed by atoms with Gasteiger partial charge in [0.1, 0.15) is 0 Å². The van der Waals surface area contributed by atoms with Gasteiger partial charge in [-0.3, -0.25) is 0 Å². The Morgan fingerprint density at radius 2 is 2.30 bits per heavy atom. The number of hydrogen-bond donors (Lipinski definition) is 2. The third kappa shape index (κ3) is 1.96. The smallest absolute Gasteiger partial charge is 0.0634 e. The highest BCUT2D eigenvalue weighted by Gasteiger charge is 2.28. The summed E-state index contributed by atoms with van der Waals surface area (Å²) in [6.07, 6.45) is 4.24. The first kappa shape index (κ1) is 8.02. The summed E-state index contributed by atoms with van der Waals surface area (Å²) in [7, 11) is 1.96. The van der Waals surface area contributed by atoms with E-state index in [0.29, 0.717) is 6.04 Å². The minimum atomic E-state index is -0.411. The minimum absolute atomic E-state index is 0.411. The molecule has 0 aromatic heterocycles. The van der Waals surface area contributed by atoms with E-state index < -0.39 is 5.60 Å². The molecule has 2 N–H and O–H groups in total. The lowest BCUT2D eigenvalue weighted by atomic mass is 9.83. The molecule has 1 aliphatic rings. The Morgan fingerprint density at radius 1 is 1.60 bits per heavy atom. The van der Waals surface area contributed by atoms with Crippen LogP contribution in [-0.2, 0) is 0 Å². The molecule has 0 bridgehead atoms. The molecule has 1 rings (SSSR count). The maximum absolute atomic E-state index is 9.64. The lowest BCUT2D eigenvalue weighted by Crippen LogP contribution is -2.40. The predicted molar refractivity (Wildman–Crippen MR) is 41.9 cm³/mol. The monoisotopic (exact) mass is 143 g/mol. The van der Waals surface area contributed by atoms with Crippen molar-refractivity contribution in [1.82, 2.24) is 5.32 Å². The molecule has 60 valence electrons. The minimum Gasteiger partial charge on any atom is -0.390 e. The van der Waals surface area contributed by atoms with Crippen molar-refractivity contribution in [2.75, 3.05) is 7.05 Å². The first-order valence-electron chi connectivity index (χ1n) is 4.04. The van der Waals surface area contributed by atoms with Crippen LogP contribution in [0.2, 0.25) is 0 Å². The van der Waals surface area contributed by atoms with Crippen molar-refractivity contribution in [2.24, 2.45) is 0 Å². The van der Waals surface area contributed by atoms with Gasteiger partial charge in [0.05, 0.1) is 5.60 Å². The summed E-state index contributed by atoms with van der Waals surface area (Å²) in [5.74, 6) is 0. The Bertz CT molecular complexity index is 112. The number of aliphatic hydroxyl groups is 1. The molecular formula is C8H17NO. The van der Waals surface area contributed by atoms with E-state index in [1.165, 1.54) is 6.42 Å². The fourth-order valence-corrected chi connectivity index (χ4v) is 1.71. The van der Waals surface area contributed by atoms with Crippen LogP contribution in [-0.4, -0.2) is 23.8 Å². The van der Waals surface area contributed by atoms with Crippen molar-refractivity contribution in [3.63, 3.8) is 0 Å². The van der Waals surface area contributed by atoms with E-state index in [0.717, 1.165) is 19.3 Å². The third-order valence-corrected chi connectivity index (χ3v) is 2.36. The molecule has 1 unspecified atom stereocenters. The molecule has 0 amide bonds. The van der Waals surface area contributed by atoms with E-state index >= 15 is 0 Å². The van der Waals surface area contributed by atoms with Crippen molar-refractivity contribution in [3.05, 3.63) is 0 Å². The Hall–Kier alpha value is -0.0800. The molecule has 0 aromatic rings. The summed E-state index contributed by atoms with van der Waals surface area (Å²) in [6.45, 7) is 1.93. The average molecular weight is 143 g/mol. The van der Waals surface area contributed by atoms with Gasteiger partial charge < -0.3 is 10.4 Å². The van der Waals surface area contributed by atoms with E-state index in [2.05, 4.69) is 5.32 Å². The molecule has 0 aliphatic heterocycles. The van der Waals surface area contributed by atoms with E-state index in [1.807, 2.05) is 14.0 Å². The first-order chi connectivity index (χ1) is 4.64. The van der Waals surface area contributed by atoms with Crippen molar-refractivity contribution in [1.29, 1.82) is 0 Å². The van der Waals surface area contributed by atoms with Gasteiger partial charge in [0.25, 0.3) is 0 Å². The maximum Gasteiger partial charge on any atom is 0.0634 e. The highest BCUT2D eigenvalue weighted by Crippen LogP contribution is 2.27. The number of rotatable bonds is 1. The Balaban J connectivity index is 2.40. The van der Waals surface area contributed by atoms with Crippen LogP contribution in [0.25, 0.3) is 0 Å². The molecule has 10 heavy (non-hydrogen) atoms. The van der Waals surface area contributed by atoms with Crippen LogP contribution in [0.5, 0.6) is 0 Å². The van der Waals surface area contributed by atoms with Gasteiger partial charge in [-0.05, 0) is 39.7 Å². The van der Waals surface area contributed by atoms with Crippen molar-refractivity contribution >= 4 is 0 Å². The lowest BCUT2D eigenvalue weighted by Gasteiger charge is -2.33. The molecule has 2 nitrogen and oxygen atoms in total. The maximum atomic E-state index is 9.64. The Labute approximate surface area is 62.6 Å². The standard InChI is InChI=1S/C8H17NO/c1-8(10)5-3-4-7(6-8)9-2/h7,9-10H,3-6H2,1-2H3/t7?,8-/m1/s1. The molecule has 2 heteroatoms. The summed E-state index contributed by atoms with van der Waals surface area (Å²) < 4.78 is 0. The van der Waals surface area contributed by atoms with Gasteiger partial charge >= 0.3 is 0 Å². The zero-order chi connectivity index (χ0) is 7.61. The second kappa shape index (κ2) is 2.89. The van der Waals surface area contributed by atoms with Gasteiger partial charge in [-0.2, -0.15) is 0 Å². The summed E-state index contributed by atoms with van der Waals surface area (Å²) >= 11 is 0. The molecule has 1 fully saturated rings. The Kier molecular flexibility index (Phi) is 2.32. The van der Waals surface area contributed by atoms with Crippen LogP contribution in [0.15, 0.2) is 0 Å². The van der Waals surface area contributed by atoms with Gasteiger partial charge in [0.15, 0.2) is 0 Å². The zero-order valence-electron chi connectivity index (χ0n) is 6.85. The average Bonchev–Trinajstić information content (AvgIpc) is 1.86. The summed E-state index contributed by atoms with van der Waals surface area (Å²) in [4.78, 5) is 0. The molecule has 2 atom stereocenters. The topological polar surface area (TPSA) is 32.3 Å². The van der Waals surface area contributed by atoms with Crippen molar-refractivity contribution in [2.45, 2.75) is 44.2 Å². The molecule has 1 aliphatic carbocycles. The number of nitrogens with one attached hydrogen (secondary N) is 1. The molecule has 0 spiro atoms. The third-order valence-electron chi connectivity index (χ3n) is 2.36. The van der Waals surface area contributed by atoms with Gasteiger partial charge in [0.2, 0.25) is 0 Å². The first-order valence-corrected chi connectivity index (χ1v) is 4.04. The second-order valence-corrected chi connectivity index (χ2v) is 3.58. The van der Waals surface area contributed by atoms with Crippen molar-refractivity contribution < 1.29 is 5.11 Å². The van der Waals surface area contributed by atoms with Crippen molar-refractivity contribution in [3.8, 4) is 0 Å². The van der Waals surface area contributed by atoms with E-state index in [-0.39, 0.29) is 0 Å². The zero-order valence-corrected chi connectivity index (χ0v) is 6.85. The molecular weight excluding hydrogens is 126 g/mol. The highest BCUT2D eigenvalue weighted by atomic mass is 16.3. The van der Waals surface area contributed by atoms with Crippen LogP contribution in [0.4, 0.5) is 0 Å². The van der Waals surface area contributed by atoms with Gasteiger partial charge in [-0.1, -0.05) is 0 Å². The fourth-order valence-electron chi connectivity index (χ4n) is 1.71. The largest absolute Gasteiger partial charge is 0.390 e. The van der Waals surface area contributed by atoms with Crippen LogP contribution in [0.3, 0.4) is 0 Å². The van der Waals surface area contributed by atoms with Crippen LogP contribution in [0, 0.1) is 0 Å². The lowest BCUT2D eigenvalue weighted by molar-refractivity contribution is 0.0112. The quantitative estimate of drug-likeness (QED) is 0.571. The normalized spacial score (nSPS) is 41.7. The van der Waals surface area contributed by atoms with Gasteiger partial charge in [-0.25, -0.2) is 0 Å². The van der Waals surface area contributed by atoms with E-state index in [9.17, 15) is 5.11 Å². The fraction of sp³-hybridized carbons (Fsp3) is 1.00. The molecule has 0 radical (unpaired) electrons. The molecule has 1 saturated carbocycles. The van der Waals surface area contributed by atoms with Gasteiger partial charge in [-0.15, -0.1) is 0 Å². The summed E-state index contributed by atoms with van der Waals surface area (Å²) in [6, 6.07) is 0.531. The molecule has 0 heterocycles. The predicted octanol–water partition coefficient (Wildman–Crippen LogP) is 0.899. The van der Waals surface area contributed by atoms with Gasteiger partial charge in [0, 0.05) is 6.04 Å². The Morgan fingerprint density at radius 3 is 2.70 bits per heavy atom. The second-order valence-electron chi connectivity index (χ2n) is 3.58. The van der Waals surface area contributed by atoms with Crippen LogP contribution in [0.1, 0.15) is 32.6 Å². The summed E-state index contributed by atoms with van der Waals surface area (Å²) in [5, 5.41) is 12.8. The SMILES string of the molecule is CNC1CCC[C@@](C)(O)C1. The molecule has 0 aromatic carbocycles. The summed E-state index contributed by atoms with van der Waals surface area (Å²) in [5.41, 5.74) is -0.411. The number of hydrogen-bond acceptors (Lipinski definition) is 2. The van der Waals surface area contributed by atoms with Crippen LogP contribution >= 0.6 is 0 Å². The van der Waals surface area contributed by atoms with E-state index in [1.54, 1.807) is 0 Å². The van der Waals surface area contributed by atoms with Crippen LogP contribution < -0.4 is 5.32 Å². The van der Waals surface area contributed by atoms with E-state index in [4.69, 9.17) is 0 Å².